The highest BCUT2D eigenvalue weighted by Crippen LogP contribution is 2.37. The topological polar surface area (TPSA) is 65.8 Å². The molecular formula is C21H17N3O2. The molecule has 2 heterocycles. The Bertz CT molecular complexity index is 943. The van der Waals surface area contributed by atoms with Gasteiger partial charge in [0.15, 0.2) is 5.72 Å². The van der Waals surface area contributed by atoms with Crippen LogP contribution >= 0.6 is 0 Å². The zero-order valence-corrected chi connectivity index (χ0v) is 14.0. The number of amides is 1. The number of rotatable bonds is 3. The van der Waals surface area contributed by atoms with Crippen molar-refractivity contribution in [3.63, 3.8) is 0 Å². The van der Waals surface area contributed by atoms with Gasteiger partial charge in [0.1, 0.15) is 0 Å². The Balaban J connectivity index is 1.80. The monoisotopic (exact) mass is 343 g/mol. The molecule has 1 atom stereocenters. The fraction of sp³-hybridized carbons (Fsp3) is 0.0952. The Labute approximate surface area is 151 Å². The van der Waals surface area contributed by atoms with Crippen LogP contribution in [-0.4, -0.2) is 26.7 Å². The van der Waals surface area contributed by atoms with E-state index in [-0.39, 0.29) is 6.42 Å². The molecule has 0 spiro atoms. The molecule has 1 amide bonds. The van der Waals surface area contributed by atoms with Crippen LogP contribution in [0.1, 0.15) is 27.9 Å². The first-order valence-electron chi connectivity index (χ1n) is 8.34. The Hall–Kier alpha value is -3.31. The third-order valence-corrected chi connectivity index (χ3v) is 4.43. The van der Waals surface area contributed by atoms with Crippen molar-refractivity contribution in [1.29, 1.82) is 0 Å². The summed E-state index contributed by atoms with van der Waals surface area (Å²) in [4.78, 5) is 17.0. The first kappa shape index (κ1) is 16.2. The molecule has 1 unspecified atom stereocenters. The van der Waals surface area contributed by atoms with E-state index in [2.05, 4.69) is 10.1 Å². The van der Waals surface area contributed by atoms with E-state index in [0.717, 1.165) is 5.56 Å². The third-order valence-electron chi connectivity index (χ3n) is 4.43. The molecule has 26 heavy (non-hydrogen) atoms. The summed E-state index contributed by atoms with van der Waals surface area (Å²) in [5.74, 6) is -0.393. The molecule has 0 radical (unpaired) electrons. The van der Waals surface area contributed by atoms with Crippen LogP contribution in [0, 0.1) is 0 Å². The van der Waals surface area contributed by atoms with E-state index >= 15 is 0 Å². The maximum Gasteiger partial charge on any atom is 0.278 e. The number of benzene rings is 2. The summed E-state index contributed by atoms with van der Waals surface area (Å²) >= 11 is 0. The normalized spacial score (nSPS) is 19.3. The number of hydrogen-bond donors (Lipinski definition) is 1. The lowest BCUT2D eigenvalue weighted by atomic mass is 9.94. The SMILES string of the molecule is O=C(c1cccnc1)N1N=C(c2ccccc2)CC1(O)c1ccccc1. The van der Waals surface area contributed by atoms with Crippen LogP contribution in [0.2, 0.25) is 0 Å². The molecule has 5 nitrogen and oxygen atoms in total. The molecule has 0 aliphatic carbocycles. The van der Waals surface area contributed by atoms with Gasteiger partial charge in [0.25, 0.3) is 5.91 Å². The van der Waals surface area contributed by atoms with Gasteiger partial charge in [0.05, 0.1) is 11.3 Å². The molecule has 128 valence electrons. The summed E-state index contributed by atoms with van der Waals surface area (Å²) in [5.41, 5.74) is 0.990. The van der Waals surface area contributed by atoms with Gasteiger partial charge in [-0.15, -0.1) is 0 Å². The predicted octanol–water partition coefficient (Wildman–Crippen LogP) is 3.18. The Morgan fingerprint density at radius 3 is 2.31 bits per heavy atom. The Morgan fingerprint density at radius 2 is 1.65 bits per heavy atom. The first-order valence-corrected chi connectivity index (χ1v) is 8.34. The van der Waals surface area contributed by atoms with Gasteiger partial charge in [-0.1, -0.05) is 60.7 Å². The number of aromatic nitrogens is 1. The zero-order chi connectivity index (χ0) is 18.0. The first-order chi connectivity index (χ1) is 12.7. The van der Waals surface area contributed by atoms with Crippen molar-refractivity contribution in [3.8, 4) is 0 Å². The Kier molecular flexibility index (Phi) is 4.07. The van der Waals surface area contributed by atoms with E-state index in [1.165, 1.54) is 11.2 Å². The van der Waals surface area contributed by atoms with E-state index in [0.29, 0.717) is 16.8 Å². The summed E-state index contributed by atoms with van der Waals surface area (Å²) in [5, 5.41) is 17.1. The Morgan fingerprint density at radius 1 is 0.962 bits per heavy atom. The van der Waals surface area contributed by atoms with Crippen molar-refractivity contribution in [1.82, 2.24) is 9.99 Å². The summed E-state index contributed by atoms with van der Waals surface area (Å²) < 4.78 is 0. The molecule has 0 saturated heterocycles. The van der Waals surface area contributed by atoms with Gasteiger partial charge in [-0.2, -0.15) is 10.1 Å². The average molecular weight is 343 g/mol. The van der Waals surface area contributed by atoms with Gasteiger partial charge >= 0.3 is 0 Å². The van der Waals surface area contributed by atoms with Crippen LogP contribution in [0.4, 0.5) is 0 Å². The zero-order valence-electron chi connectivity index (χ0n) is 14.0. The number of carbonyl (C=O) groups excluding carboxylic acids is 1. The molecule has 4 rings (SSSR count). The molecule has 2 aromatic carbocycles. The van der Waals surface area contributed by atoms with Gasteiger partial charge in [-0.05, 0) is 17.7 Å². The van der Waals surface area contributed by atoms with Crippen LogP contribution in [-0.2, 0) is 5.72 Å². The lowest BCUT2D eigenvalue weighted by Gasteiger charge is -2.31. The lowest BCUT2D eigenvalue weighted by molar-refractivity contribution is -0.0765. The van der Waals surface area contributed by atoms with Crippen LogP contribution in [0.5, 0.6) is 0 Å². The largest absolute Gasteiger partial charge is 0.365 e. The predicted molar refractivity (Wildman–Crippen MR) is 98.3 cm³/mol. The number of carbonyl (C=O) groups is 1. The summed E-state index contributed by atoms with van der Waals surface area (Å²) in [6.45, 7) is 0. The van der Waals surface area contributed by atoms with Gasteiger partial charge in [0, 0.05) is 24.4 Å². The summed E-state index contributed by atoms with van der Waals surface area (Å²) in [6.07, 6.45) is 3.29. The van der Waals surface area contributed by atoms with E-state index in [1.807, 2.05) is 48.5 Å². The number of hydrazone groups is 1. The highest BCUT2D eigenvalue weighted by Gasteiger charge is 2.46. The molecule has 0 saturated carbocycles. The highest BCUT2D eigenvalue weighted by molar-refractivity contribution is 6.05. The fourth-order valence-corrected chi connectivity index (χ4v) is 3.09. The second kappa shape index (κ2) is 6.54. The minimum absolute atomic E-state index is 0.215. The van der Waals surface area contributed by atoms with Crippen LogP contribution in [0.3, 0.4) is 0 Å². The van der Waals surface area contributed by atoms with E-state index < -0.39 is 11.6 Å². The summed E-state index contributed by atoms with van der Waals surface area (Å²) in [7, 11) is 0. The smallest absolute Gasteiger partial charge is 0.278 e. The quantitative estimate of drug-likeness (QED) is 0.794. The van der Waals surface area contributed by atoms with Gasteiger partial charge in [-0.3, -0.25) is 9.78 Å². The molecule has 0 fully saturated rings. The molecule has 3 aromatic rings. The van der Waals surface area contributed by atoms with E-state index in [9.17, 15) is 9.90 Å². The fourth-order valence-electron chi connectivity index (χ4n) is 3.09. The van der Waals surface area contributed by atoms with Crippen LogP contribution in [0.25, 0.3) is 0 Å². The molecular weight excluding hydrogens is 326 g/mol. The average Bonchev–Trinajstić information content (AvgIpc) is 3.08. The van der Waals surface area contributed by atoms with Crippen molar-refractivity contribution in [2.45, 2.75) is 12.1 Å². The van der Waals surface area contributed by atoms with Crippen molar-refractivity contribution in [2.75, 3.05) is 0 Å². The highest BCUT2D eigenvalue weighted by atomic mass is 16.3. The molecule has 1 aliphatic heterocycles. The number of nitrogens with zero attached hydrogens (tertiary/aromatic N) is 3. The minimum atomic E-state index is -1.54. The second-order valence-corrected chi connectivity index (χ2v) is 6.13. The minimum Gasteiger partial charge on any atom is -0.365 e. The number of pyridine rings is 1. The molecule has 1 aromatic heterocycles. The van der Waals surface area contributed by atoms with Crippen LogP contribution in [0.15, 0.2) is 90.3 Å². The number of aliphatic hydroxyl groups is 1. The second-order valence-electron chi connectivity index (χ2n) is 6.13. The van der Waals surface area contributed by atoms with Gasteiger partial charge in [0.2, 0.25) is 0 Å². The molecule has 1 N–H and O–H groups in total. The standard InChI is InChI=1S/C21H17N3O2/c25-20(17-10-7-13-22-15-17)24-21(26,18-11-5-2-6-12-18)14-19(23-24)16-8-3-1-4-9-16/h1-13,15,26H,14H2. The van der Waals surface area contributed by atoms with Gasteiger partial charge in [-0.25, -0.2) is 0 Å². The van der Waals surface area contributed by atoms with Crippen molar-refractivity contribution in [3.05, 3.63) is 102 Å². The summed E-state index contributed by atoms with van der Waals surface area (Å²) in [6, 6.07) is 22.1. The van der Waals surface area contributed by atoms with E-state index in [1.54, 1.807) is 30.5 Å². The van der Waals surface area contributed by atoms with Crippen molar-refractivity contribution < 1.29 is 9.90 Å². The van der Waals surface area contributed by atoms with Crippen molar-refractivity contribution >= 4 is 11.6 Å². The maximum absolute atomic E-state index is 13.0. The third kappa shape index (κ3) is 2.78. The maximum atomic E-state index is 13.0. The van der Waals surface area contributed by atoms with Crippen LogP contribution < -0.4 is 0 Å². The van der Waals surface area contributed by atoms with Crippen molar-refractivity contribution in [2.24, 2.45) is 5.10 Å². The molecule has 5 heteroatoms. The number of hydrogen-bond acceptors (Lipinski definition) is 4. The van der Waals surface area contributed by atoms with Gasteiger partial charge < -0.3 is 5.11 Å². The molecule has 0 bridgehead atoms. The molecule has 1 aliphatic rings. The lowest BCUT2D eigenvalue weighted by Crippen LogP contribution is -2.43. The van der Waals surface area contributed by atoms with E-state index in [4.69, 9.17) is 0 Å².